The van der Waals surface area contributed by atoms with E-state index < -0.39 is 9.85 Å². The van der Waals surface area contributed by atoms with Gasteiger partial charge in [-0.2, -0.15) is 0 Å². The third-order valence-corrected chi connectivity index (χ3v) is 5.42. The van der Waals surface area contributed by atoms with E-state index in [9.17, 15) is 30.4 Å². The van der Waals surface area contributed by atoms with Gasteiger partial charge in [-0.3, -0.25) is 30.2 Å². The molecule has 0 unspecified atom stereocenters. The summed E-state index contributed by atoms with van der Waals surface area (Å²) in [4.78, 5) is 29.2. The second-order valence-electron chi connectivity index (χ2n) is 8.03. The number of aromatic hydroxyl groups is 2. The van der Waals surface area contributed by atoms with Crippen LogP contribution in [0.5, 0.6) is 11.5 Å². The molecule has 184 valence electrons. The fourth-order valence-corrected chi connectivity index (χ4v) is 3.48. The second kappa shape index (κ2) is 10.9. The topological polar surface area (TPSA) is 151 Å². The fourth-order valence-electron chi connectivity index (χ4n) is 3.48. The highest BCUT2D eigenvalue weighted by molar-refractivity contribution is 5.86. The van der Waals surface area contributed by atoms with Gasteiger partial charge in [-0.1, -0.05) is 12.1 Å². The van der Waals surface area contributed by atoms with Crippen LogP contribution in [0.25, 0.3) is 0 Å². The van der Waals surface area contributed by atoms with Gasteiger partial charge in [0.15, 0.2) is 0 Å². The first-order valence-electron chi connectivity index (χ1n) is 11.0. The van der Waals surface area contributed by atoms with Crippen LogP contribution in [0.15, 0.2) is 94.9 Å². The van der Waals surface area contributed by atoms with Crippen LogP contribution < -0.4 is 0 Å². The summed E-state index contributed by atoms with van der Waals surface area (Å²) in [6.45, 7) is 0. The molecule has 4 rings (SSSR count). The van der Waals surface area contributed by atoms with Gasteiger partial charge >= 0.3 is 0 Å². The van der Waals surface area contributed by atoms with Crippen LogP contribution >= 0.6 is 0 Å². The van der Waals surface area contributed by atoms with Crippen molar-refractivity contribution in [2.75, 3.05) is 0 Å². The molecule has 0 bridgehead atoms. The third kappa shape index (κ3) is 6.40. The highest BCUT2D eigenvalue weighted by Crippen LogP contribution is 2.24. The average Bonchev–Trinajstić information content (AvgIpc) is 2.89. The zero-order valence-corrected chi connectivity index (χ0v) is 19.3. The number of phenols is 2. The molecule has 4 aromatic rings. The SMILES string of the molecule is O=[N+]([O-])c1ccc(N=Cc2cc(Cc3ccc(O)c(C=Nc4ccc([N+](=O)[O-])cc4)c3)ccc2O)cc1. The fraction of sp³-hybridized carbons (Fsp3) is 0.0370. The summed E-state index contributed by atoms with van der Waals surface area (Å²) in [5.41, 5.74) is 3.67. The van der Waals surface area contributed by atoms with E-state index in [2.05, 4.69) is 9.98 Å². The largest absolute Gasteiger partial charge is 0.507 e. The Morgan fingerprint density at radius 2 is 1.00 bits per heavy atom. The van der Waals surface area contributed by atoms with Crippen molar-refractivity contribution in [3.05, 3.63) is 127 Å². The Hall–Kier alpha value is -5.38. The maximum absolute atomic E-state index is 10.8. The number of nitro groups is 2. The molecule has 0 spiro atoms. The van der Waals surface area contributed by atoms with Gasteiger partial charge in [-0.05, 0) is 66.1 Å². The standard InChI is InChI=1S/C27H20N4O6/c32-26-11-1-18(14-20(26)16-28-22-3-7-24(8-4-22)30(34)35)13-19-2-12-27(33)21(15-19)17-29-23-5-9-25(10-6-23)31(36)37/h1-12,14-17,32-33H,13H2. The number of hydrogen-bond acceptors (Lipinski definition) is 8. The lowest BCUT2D eigenvalue weighted by atomic mass is 10.0. The zero-order valence-electron chi connectivity index (χ0n) is 19.3. The second-order valence-corrected chi connectivity index (χ2v) is 8.03. The minimum Gasteiger partial charge on any atom is -0.507 e. The lowest BCUT2D eigenvalue weighted by molar-refractivity contribution is -0.385. The van der Waals surface area contributed by atoms with Gasteiger partial charge in [0.05, 0.1) is 21.2 Å². The van der Waals surface area contributed by atoms with Crippen LogP contribution in [0.4, 0.5) is 22.7 Å². The molecule has 0 heterocycles. The van der Waals surface area contributed by atoms with Gasteiger partial charge in [0.2, 0.25) is 0 Å². The van der Waals surface area contributed by atoms with Crippen molar-refractivity contribution in [1.82, 2.24) is 0 Å². The van der Waals surface area contributed by atoms with Gasteiger partial charge < -0.3 is 10.2 Å². The summed E-state index contributed by atoms with van der Waals surface area (Å²) in [7, 11) is 0. The molecule has 4 aromatic carbocycles. The lowest BCUT2D eigenvalue weighted by Gasteiger charge is -2.07. The molecule has 0 fully saturated rings. The van der Waals surface area contributed by atoms with Crippen LogP contribution in [0.3, 0.4) is 0 Å². The molecule has 0 atom stereocenters. The Labute approximate surface area is 210 Å². The maximum atomic E-state index is 10.8. The first-order chi connectivity index (χ1) is 17.8. The van der Waals surface area contributed by atoms with Crippen molar-refractivity contribution in [2.45, 2.75) is 6.42 Å². The molecule has 37 heavy (non-hydrogen) atoms. The highest BCUT2D eigenvalue weighted by Gasteiger charge is 2.07. The number of nitrogens with zero attached hydrogens (tertiary/aromatic N) is 4. The summed E-state index contributed by atoms with van der Waals surface area (Å²) in [6, 6.07) is 21.7. The number of hydrogen-bond donors (Lipinski definition) is 2. The smallest absolute Gasteiger partial charge is 0.269 e. The Morgan fingerprint density at radius 3 is 1.35 bits per heavy atom. The Morgan fingerprint density at radius 1 is 0.622 bits per heavy atom. The molecule has 0 aliphatic heterocycles. The molecule has 10 nitrogen and oxygen atoms in total. The molecule has 0 amide bonds. The Balaban J connectivity index is 1.50. The van der Waals surface area contributed by atoms with E-state index in [1.165, 1.54) is 61.0 Å². The van der Waals surface area contributed by atoms with Crippen LogP contribution in [0, 0.1) is 20.2 Å². The van der Waals surface area contributed by atoms with Gasteiger partial charge in [0.1, 0.15) is 11.5 Å². The quantitative estimate of drug-likeness (QED) is 0.173. The normalized spacial score (nSPS) is 11.2. The number of phenolic OH excluding ortho intramolecular Hbond substituents is 2. The number of aliphatic imine (C=N–C) groups is 2. The van der Waals surface area contributed by atoms with E-state index in [0.717, 1.165) is 11.1 Å². The Bertz CT molecular complexity index is 1400. The van der Waals surface area contributed by atoms with Crippen LogP contribution in [0.2, 0.25) is 0 Å². The van der Waals surface area contributed by atoms with Crippen molar-refractivity contribution >= 4 is 35.2 Å². The van der Waals surface area contributed by atoms with E-state index in [0.29, 0.717) is 28.9 Å². The molecule has 0 radical (unpaired) electrons. The van der Waals surface area contributed by atoms with E-state index in [1.807, 2.05) is 0 Å². The Kier molecular flexibility index (Phi) is 7.29. The van der Waals surface area contributed by atoms with E-state index in [4.69, 9.17) is 0 Å². The minimum atomic E-state index is -0.487. The molecule has 0 saturated carbocycles. The molecular formula is C27H20N4O6. The molecule has 0 aromatic heterocycles. The summed E-state index contributed by atoms with van der Waals surface area (Å²) in [6.07, 6.45) is 3.47. The average molecular weight is 496 g/mol. The van der Waals surface area contributed by atoms with Crippen molar-refractivity contribution in [3.63, 3.8) is 0 Å². The first-order valence-corrected chi connectivity index (χ1v) is 11.0. The molecular weight excluding hydrogens is 476 g/mol. The molecule has 10 heteroatoms. The molecule has 0 saturated heterocycles. The predicted molar refractivity (Wildman–Crippen MR) is 140 cm³/mol. The minimum absolute atomic E-state index is 0.0325. The summed E-state index contributed by atoms with van der Waals surface area (Å²) >= 11 is 0. The van der Waals surface area contributed by atoms with Crippen molar-refractivity contribution in [2.24, 2.45) is 9.98 Å². The molecule has 2 N–H and O–H groups in total. The monoisotopic (exact) mass is 496 g/mol. The first kappa shape index (κ1) is 24.7. The predicted octanol–water partition coefficient (Wildman–Crippen LogP) is 6.01. The number of benzene rings is 4. The summed E-state index contributed by atoms with van der Waals surface area (Å²) in [5, 5.41) is 42.0. The van der Waals surface area contributed by atoms with Crippen molar-refractivity contribution in [3.8, 4) is 11.5 Å². The van der Waals surface area contributed by atoms with Gasteiger partial charge in [0, 0.05) is 47.8 Å². The summed E-state index contributed by atoms with van der Waals surface area (Å²) in [5.74, 6) is 0.0760. The van der Waals surface area contributed by atoms with Gasteiger partial charge in [0.25, 0.3) is 11.4 Å². The molecule has 0 aliphatic carbocycles. The van der Waals surface area contributed by atoms with Gasteiger partial charge in [-0.15, -0.1) is 0 Å². The van der Waals surface area contributed by atoms with Gasteiger partial charge in [-0.25, -0.2) is 0 Å². The number of non-ortho nitro benzene ring substituents is 2. The number of rotatable bonds is 8. The maximum Gasteiger partial charge on any atom is 0.269 e. The highest BCUT2D eigenvalue weighted by atomic mass is 16.6. The van der Waals surface area contributed by atoms with E-state index in [-0.39, 0.29) is 22.9 Å². The van der Waals surface area contributed by atoms with Crippen LogP contribution in [-0.2, 0) is 6.42 Å². The zero-order chi connectivity index (χ0) is 26.4. The summed E-state index contributed by atoms with van der Waals surface area (Å²) < 4.78 is 0. The number of nitro benzene ring substituents is 2. The van der Waals surface area contributed by atoms with E-state index in [1.54, 1.807) is 36.4 Å². The van der Waals surface area contributed by atoms with Crippen molar-refractivity contribution in [1.29, 1.82) is 0 Å². The molecule has 0 aliphatic rings. The van der Waals surface area contributed by atoms with E-state index >= 15 is 0 Å². The van der Waals surface area contributed by atoms with Crippen molar-refractivity contribution < 1.29 is 20.1 Å². The van der Waals surface area contributed by atoms with Crippen LogP contribution in [0.1, 0.15) is 22.3 Å². The van der Waals surface area contributed by atoms with Crippen LogP contribution in [-0.4, -0.2) is 32.5 Å². The third-order valence-electron chi connectivity index (χ3n) is 5.42. The lowest BCUT2D eigenvalue weighted by Crippen LogP contribution is -1.93.